The van der Waals surface area contributed by atoms with Crippen molar-refractivity contribution in [3.05, 3.63) is 0 Å². The van der Waals surface area contributed by atoms with Crippen LogP contribution in [0, 0.1) is 5.41 Å². The van der Waals surface area contributed by atoms with Gasteiger partial charge in [0.1, 0.15) is 0 Å². The first-order valence-corrected chi connectivity index (χ1v) is 7.32. The van der Waals surface area contributed by atoms with Gasteiger partial charge in [0, 0.05) is 17.8 Å². The Morgan fingerprint density at radius 3 is 2.75 bits per heavy atom. The zero-order valence-corrected chi connectivity index (χ0v) is 11.4. The average molecular weight is 244 g/mol. The van der Waals surface area contributed by atoms with Gasteiger partial charge < -0.3 is 11.1 Å². The van der Waals surface area contributed by atoms with Crippen molar-refractivity contribution in [3.8, 4) is 0 Å². The Morgan fingerprint density at radius 2 is 2.19 bits per heavy atom. The van der Waals surface area contributed by atoms with Crippen molar-refractivity contribution in [2.24, 2.45) is 11.1 Å². The molecule has 1 aliphatic carbocycles. The molecule has 2 unspecified atom stereocenters. The van der Waals surface area contributed by atoms with Crippen LogP contribution in [0.4, 0.5) is 0 Å². The van der Waals surface area contributed by atoms with E-state index in [2.05, 4.69) is 11.6 Å². The Labute approximate surface area is 103 Å². The molecular formula is C12H24N2OS. The second-order valence-electron chi connectivity index (χ2n) is 5.28. The van der Waals surface area contributed by atoms with Crippen LogP contribution < -0.4 is 11.1 Å². The second kappa shape index (κ2) is 5.92. The molecule has 1 rings (SSSR count). The molecule has 0 aromatic rings. The molecule has 0 saturated heterocycles. The van der Waals surface area contributed by atoms with Crippen LogP contribution in [-0.2, 0) is 4.79 Å². The fourth-order valence-corrected chi connectivity index (χ4v) is 2.79. The molecule has 0 bridgehead atoms. The van der Waals surface area contributed by atoms with E-state index < -0.39 is 5.41 Å². The molecular weight excluding hydrogens is 220 g/mol. The number of carbonyl (C=O) groups is 1. The van der Waals surface area contributed by atoms with Gasteiger partial charge in [-0.05, 0) is 39.4 Å². The van der Waals surface area contributed by atoms with Crippen molar-refractivity contribution in [1.82, 2.24) is 5.32 Å². The highest BCUT2D eigenvalue weighted by atomic mass is 32.2. The van der Waals surface area contributed by atoms with Gasteiger partial charge in [-0.25, -0.2) is 0 Å². The summed E-state index contributed by atoms with van der Waals surface area (Å²) in [5.74, 6) is 0.0988. The fourth-order valence-electron chi connectivity index (χ4n) is 1.96. The Morgan fingerprint density at radius 1 is 1.50 bits per heavy atom. The van der Waals surface area contributed by atoms with Gasteiger partial charge in [0.25, 0.3) is 0 Å². The van der Waals surface area contributed by atoms with E-state index in [0.717, 1.165) is 12.8 Å². The number of amides is 1. The van der Waals surface area contributed by atoms with Gasteiger partial charge in [-0.15, -0.1) is 0 Å². The number of hydrogen-bond donors (Lipinski definition) is 2. The third-order valence-electron chi connectivity index (χ3n) is 3.42. The van der Waals surface area contributed by atoms with E-state index in [0.29, 0.717) is 17.8 Å². The molecule has 1 saturated carbocycles. The largest absolute Gasteiger partial charge is 0.353 e. The highest BCUT2D eigenvalue weighted by Gasteiger charge is 2.29. The van der Waals surface area contributed by atoms with Crippen LogP contribution in [0.3, 0.4) is 0 Å². The monoisotopic (exact) mass is 244 g/mol. The quantitative estimate of drug-likeness (QED) is 0.792. The predicted molar refractivity (Wildman–Crippen MR) is 70.5 cm³/mol. The van der Waals surface area contributed by atoms with E-state index in [1.54, 1.807) is 0 Å². The zero-order chi connectivity index (χ0) is 12.2. The van der Waals surface area contributed by atoms with Crippen molar-refractivity contribution in [3.63, 3.8) is 0 Å². The molecule has 0 aromatic carbocycles. The van der Waals surface area contributed by atoms with Crippen molar-refractivity contribution < 1.29 is 4.79 Å². The van der Waals surface area contributed by atoms with Crippen LogP contribution in [0.1, 0.15) is 39.5 Å². The molecule has 16 heavy (non-hydrogen) atoms. The number of thioether (sulfide) groups is 1. The number of hydrogen-bond acceptors (Lipinski definition) is 3. The molecule has 4 heteroatoms. The van der Waals surface area contributed by atoms with Gasteiger partial charge in [-0.1, -0.05) is 6.42 Å². The lowest BCUT2D eigenvalue weighted by Gasteiger charge is -2.31. The molecule has 0 aliphatic heterocycles. The summed E-state index contributed by atoms with van der Waals surface area (Å²) in [6.45, 7) is 4.20. The Hall–Kier alpha value is -0.220. The van der Waals surface area contributed by atoms with Gasteiger partial charge in [-0.3, -0.25) is 4.79 Å². The van der Waals surface area contributed by atoms with Crippen molar-refractivity contribution in [2.75, 3.05) is 12.8 Å². The van der Waals surface area contributed by atoms with E-state index in [1.165, 1.54) is 12.8 Å². The topological polar surface area (TPSA) is 55.1 Å². The molecule has 1 fully saturated rings. The summed E-state index contributed by atoms with van der Waals surface area (Å²) in [5, 5.41) is 3.85. The molecule has 0 aromatic heterocycles. The number of rotatable bonds is 4. The first-order chi connectivity index (χ1) is 7.49. The first-order valence-electron chi connectivity index (χ1n) is 6.03. The fraction of sp³-hybridized carbons (Fsp3) is 0.917. The summed E-state index contributed by atoms with van der Waals surface area (Å²) < 4.78 is 0. The summed E-state index contributed by atoms with van der Waals surface area (Å²) in [7, 11) is 0. The number of nitrogens with two attached hydrogens (primary N) is 1. The molecule has 3 N–H and O–H groups in total. The van der Waals surface area contributed by atoms with Crippen LogP contribution in [0.5, 0.6) is 0 Å². The van der Waals surface area contributed by atoms with Gasteiger partial charge in [-0.2, -0.15) is 11.8 Å². The van der Waals surface area contributed by atoms with E-state index >= 15 is 0 Å². The smallest absolute Gasteiger partial charge is 0.227 e. The van der Waals surface area contributed by atoms with Gasteiger partial charge in [0.15, 0.2) is 0 Å². The first kappa shape index (κ1) is 13.8. The van der Waals surface area contributed by atoms with E-state index in [-0.39, 0.29) is 5.91 Å². The number of nitrogens with one attached hydrogen (secondary N) is 1. The molecule has 0 heterocycles. The predicted octanol–water partition coefficient (Wildman–Crippen LogP) is 1.76. The Bertz CT molecular complexity index is 243. The molecule has 3 nitrogen and oxygen atoms in total. The SMILES string of the molecule is CSC1CCCC(NC(=O)C(C)(C)CN)C1. The van der Waals surface area contributed by atoms with Gasteiger partial charge >= 0.3 is 0 Å². The van der Waals surface area contributed by atoms with Crippen LogP contribution in [-0.4, -0.2) is 30.0 Å². The van der Waals surface area contributed by atoms with Crippen LogP contribution in [0.25, 0.3) is 0 Å². The average Bonchev–Trinajstić information content (AvgIpc) is 2.29. The zero-order valence-electron chi connectivity index (χ0n) is 10.6. The minimum absolute atomic E-state index is 0.0988. The summed E-state index contributed by atoms with van der Waals surface area (Å²) in [6.07, 6.45) is 6.88. The lowest BCUT2D eigenvalue weighted by atomic mass is 9.90. The maximum absolute atomic E-state index is 12.0. The summed E-state index contributed by atoms with van der Waals surface area (Å²) in [6, 6.07) is 0.351. The summed E-state index contributed by atoms with van der Waals surface area (Å²) in [4.78, 5) is 12.0. The summed E-state index contributed by atoms with van der Waals surface area (Å²) in [5.41, 5.74) is 5.16. The van der Waals surface area contributed by atoms with Gasteiger partial charge in [0.2, 0.25) is 5.91 Å². The molecule has 1 aliphatic rings. The van der Waals surface area contributed by atoms with E-state index in [1.807, 2.05) is 25.6 Å². The Balaban J connectivity index is 2.45. The minimum atomic E-state index is -0.438. The van der Waals surface area contributed by atoms with Crippen LogP contribution in [0.2, 0.25) is 0 Å². The molecule has 2 atom stereocenters. The second-order valence-corrected chi connectivity index (χ2v) is 6.42. The van der Waals surface area contributed by atoms with Crippen molar-refractivity contribution >= 4 is 17.7 Å². The maximum atomic E-state index is 12.0. The highest BCUT2D eigenvalue weighted by Crippen LogP contribution is 2.27. The van der Waals surface area contributed by atoms with E-state index in [4.69, 9.17) is 5.73 Å². The maximum Gasteiger partial charge on any atom is 0.227 e. The lowest BCUT2D eigenvalue weighted by Crippen LogP contribution is -2.47. The van der Waals surface area contributed by atoms with Crippen molar-refractivity contribution in [1.29, 1.82) is 0 Å². The van der Waals surface area contributed by atoms with Crippen LogP contribution >= 0.6 is 11.8 Å². The third kappa shape index (κ3) is 3.67. The molecule has 1 amide bonds. The highest BCUT2D eigenvalue weighted by molar-refractivity contribution is 7.99. The molecule has 0 spiro atoms. The van der Waals surface area contributed by atoms with Gasteiger partial charge in [0.05, 0.1) is 5.41 Å². The molecule has 94 valence electrons. The third-order valence-corrected chi connectivity index (χ3v) is 4.51. The normalized spacial score (nSPS) is 26.5. The number of carbonyl (C=O) groups excluding carboxylic acids is 1. The lowest BCUT2D eigenvalue weighted by molar-refractivity contribution is -0.129. The van der Waals surface area contributed by atoms with E-state index in [9.17, 15) is 4.79 Å². The Kier molecular flexibility index (Phi) is 5.12. The minimum Gasteiger partial charge on any atom is -0.353 e. The standard InChI is InChI=1S/C12H24N2OS/c1-12(2,8-13)11(15)14-9-5-4-6-10(7-9)16-3/h9-10H,4-8,13H2,1-3H3,(H,14,15). The summed E-state index contributed by atoms with van der Waals surface area (Å²) >= 11 is 1.91. The van der Waals surface area contributed by atoms with Crippen LogP contribution in [0.15, 0.2) is 0 Å². The molecule has 0 radical (unpaired) electrons. The van der Waals surface area contributed by atoms with Crippen molar-refractivity contribution in [2.45, 2.75) is 50.8 Å².